The molecule has 0 atom stereocenters. The third-order valence-corrected chi connectivity index (χ3v) is 3.05. The van der Waals surface area contributed by atoms with Gasteiger partial charge in [-0.25, -0.2) is 0 Å². The quantitative estimate of drug-likeness (QED) is 0.600. The van der Waals surface area contributed by atoms with Crippen LogP contribution in [0.1, 0.15) is 18.4 Å². The van der Waals surface area contributed by atoms with Crippen LogP contribution in [0.3, 0.4) is 0 Å². The molecule has 1 aliphatic rings. The minimum atomic E-state index is -0.229. The van der Waals surface area contributed by atoms with Crippen LogP contribution < -0.4 is 10.6 Å². The summed E-state index contributed by atoms with van der Waals surface area (Å²) in [6.45, 7) is 0. The monoisotopic (exact) mass is 204 g/mol. The summed E-state index contributed by atoms with van der Waals surface area (Å²) in [7, 11) is 3.94. The van der Waals surface area contributed by atoms with Gasteiger partial charge in [0.25, 0.3) is 0 Å². The summed E-state index contributed by atoms with van der Waals surface area (Å²) in [4.78, 5) is 13.1. The number of anilines is 2. The number of nitrogens with zero attached hydrogens (tertiary/aromatic N) is 1. The molecule has 0 heterocycles. The van der Waals surface area contributed by atoms with Gasteiger partial charge in [0.2, 0.25) is 0 Å². The molecule has 0 spiro atoms. The maximum absolute atomic E-state index is 11.1. The van der Waals surface area contributed by atoms with Crippen LogP contribution in [0.25, 0.3) is 0 Å². The number of nitrogens with two attached hydrogens (primary N) is 1. The molecule has 0 amide bonds. The fourth-order valence-corrected chi connectivity index (χ4v) is 1.93. The zero-order valence-corrected chi connectivity index (χ0v) is 9.16. The Balaban J connectivity index is 2.51. The Kier molecular flexibility index (Phi) is 2.18. The predicted octanol–water partition coefficient (Wildman–Crippen LogP) is 1.57. The van der Waals surface area contributed by atoms with E-state index >= 15 is 0 Å². The van der Waals surface area contributed by atoms with Crippen molar-refractivity contribution in [2.75, 3.05) is 24.7 Å². The fourth-order valence-electron chi connectivity index (χ4n) is 1.93. The molecular weight excluding hydrogens is 188 g/mol. The number of nitrogen functional groups attached to an aromatic ring is 1. The van der Waals surface area contributed by atoms with Gasteiger partial charge >= 0.3 is 0 Å². The molecule has 1 aliphatic carbocycles. The van der Waals surface area contributed by atoms with Crippen LogP contribution in [0.2, 0.25) is 0 Å². The van der Waals surface area contributed by atoms with E-state index in [4.69, 9.17) is 5.73 Å². The lowest BCUT2D eigenvalue weighted by atomic mass is 9.95. The summed E-state index contributed by atoms with van der Waals surface area (Å²) in [5.41, 5.74) is 8.43. The standard InChI is InChI=1S/C12H16N2O/c1-14(2)11-7-9(13)3-4-10(11)12(8-15)5-6-12/h3-4,7-8H,5-6,13H2,1-2H3. The molecular formula is C12H16N2O. The molecule has 3 heteroatoms. The Morgan fingerprint density at radius 1 is 1.40 bits per heavy atom. The van der Waals surface area contributed by atoms with Crippen LogP contribution in [0.5, 0.6) is 0 Å². The molecule has 1 saturated carbocycles. The van der Waals surface area contributed by atoms with E-state index in [9.17, 15) is 4.79 Å². The summed E-state index contributed by atoms with van der Waals surface area (Å²) in [5, 5.41) is 0. The topological polar surface area (TPSA) is 46.3 Å². The lowest BCUT2D eigenvalue weighted by molar-refractivity contribution is -0.109. The maximum Gasteiger partial charge on any atom is 0.130 e. The lowest BCUT2D eigenvalue weighted by Crippen LogP contribution is -2.17. The average Bonchev–Trinajstić information content (AvgIpc) is 2.98. The Morgan fingerprint density at radius 2 is 2.07 bits per heavy atom. The predicted molar refractivity (Wildman–Crippen MR) is 62.2 cm³/mol. The fraction of sp³-hybridized carbons (Fsp3) is 0.417. The van der Waals surface area contributed by atoms with Gasteiger partial charge in [-0.05, 0) is 30.5 Å². The van der Waals surface area contributed by atoms with Gasteiger partial charge in [0.1, 0.15) is 6.29 Å². The van der Waals surface area contributed by atoms with E-state index in [1.807, 2.05) is 37.2 Å². The van der Waals surface area contributed by atoms with Crippen molar-refractivity contribution >= 4 is 17.7 Å². The van der Waals surface area contributed by atoms with Crippen molar-refractivity contribution in [3.05, 3.63) is 23.8 Å². The zero-order valence-electron chi connectivity index (χ0n) is 9.16. The molecule has 0 aliphatic heterocycles. The highest BCUT2D eigenvalue weighted by atomic mass is 16.1. The second kappa shape index (κ2) is 3.26. The van der Waals surface area contributed by atoms with E-state index in [0.29, 0.717) is 0 Å². The van der Waals surface area contributed by atoms with Crippen LogP contribution in [-0.2, 0) is 10.2 Å². The van der Waals surface area contributed by atoms with Crippen LogP contribution in [0, 0.1) is 0 Å². The maximum atomic E-state index is 11.1. The molecule has 0 radical (unpaired) electrons. The number of hydrogen-bond donors (Lipinski definition) is 1. The van der Waals surface area contributed by atoms with Crippen molar-refractivity contribution in [2.24, 2.45) is 0 Å². The van der Waals surface area contributed by atoms with E-state index in [2.05, 4.69) is 0 Å². The van der Waals surface area contributed by atoms with Crippen molar-refractivity contribution in [3.8, 4) is 0 Å². The SMILES string of the molecule is CN(C)c1cc(N)ccc1C1(C=O)CC1. The van der Waals surface area contributed by atoms with Crippen molar-refractivity contribution in [1.29, 1.82) is 0 Å². The van der Waals surface area contributed by atoms with Gasteiger partial charge in [-0.2, -0.15) is 0 Å². The molecule has 80 valence electrons. The molecule has 0 aromatic heterocycles. The van der Waals surface area contributed by atoms with E-state index in [0.717, 1.165) is 36.1 Å². The molecule has 1 aromatic carbocycles. The minimum absolute atomic E-state index is 0.229. The molecule has 0 unspecified atom stereocenters. The molecule has 0 saturated heterocycles. The van der Waals surface area contributed by atoms with Gasteiger partial charge in [0.05, 0.1) is 5.41 Å². The van der Waals surface area contributed by atoms with Crippen LogP contribution >= 0.6 is 0 Å². The first kappa shape index (κ1) is 10.0. The van der Waals surface area contributed by atoms with E-state index < -0.39 is 0 Å². The van der Waals surface area contributed by atoms with Gasteiger partial charge < -0.3 is 15.4 Å². The summed E-state index contributed by atoms with van der Waals surface area (Å²) >= 11 is 0. The summed E-state index contributed by atoms with van der Waals surface area (Å²) in [6.07, 6.45) is 2.99. The highest BCUT2D eigenvalue weighted by molar-refractivity contribution is 5.79. The molecule has 1 aromatic rings. The largest absolute Gasteiger partial charge is 0.399 e. The van der Waals surface area contributed by atoms with Crippen molar-refractivity contribution in [1.82, 2.24) is 0 Å². The number of carbonyl (C=O) groups is 1. The van der Waals surface area contributed by atoms with Crippen LogP contribution in [0.15, 0.2) is 18.2 Å². The molecule has 15 heavy (non-hydrogen) atoms. The third-order valence-electron chi connectivity index (χ3n) is 3.05. The van der Waals surface area contributed by atoms with E-state index in [1.54, 1.807) is 0 Å². The normalized spacial score (nSPS) is 17.2. The second-order valence-corrected chi connectivity index (χ2v) is 4.45. The first-order chi connectivity index (χ1) is 7.09. The minimum Gasteiger partial charge on any atom is -0.399 e. The summed E-state index contributed by atoms with van der Waals surface area (Å²) in [6, 6.07) is 5.77. The highest BCUT2D eigenvalue weighted by Gasteiger charge is 2.45. The van der Waals surface area contributed by atoms with Gasteiger partial charge in [-0.3, -0.25) is 0 Å². The number of hydrogen-bond acceptors (Lipinski definition) is 3. The average molecular weight is 204 g/mol. The number of aldehydes is 1. The zero-order chi connectivity index (χ0) is 11.1. The molecule has 3 nitrogen and oxygen atoms in total. The number of carbonyl (C=O) groups excluding carboxylic acids is 1. The highest BCUT2D eigenvalue weighted by Crippen LogP contribution is 2.49. The first-order valence-corrected chi connectivity index (χ1v) is 5.13. The van der Waals surface area contributed by atoms with Gasteiger partial charge in [0, 0.05) is 25.5 Å². The smallest absolute Gasteiger partial charge is 0.130 e. The second-order valence-electron chi connectivity index (χ2n) is 4.45. The van der Waals surface area contributed by atoms with Crippen LogP contribution in [0.4, 0.5) is 11.4 Å². The first-order valence-electron chi connectivity index (χ1n) is 5.13. The lowest BCUT2D eigenvalue weighted by Gasteiger charge is -2.21. The van der Waals surface area contributed by atoms with Crippen molar-refractivity contribution in [3.63, 3.8) is 0 Å². The molecule has 2 N–H and O–H groups in total. The Hall–Kier alpha value is -1.51. The van der Waals surface area contributed by atoms with E-state index in [-0.39, 0.29) is 5.41 Å². The molecule has 0 bridgehead atoms. The summed E-state index contributed by atoms with van der Waals surface area (Å²) in [5.74, 6) is 0. The Bertz CT molecular complexity index is 395. The van der Waals surface area contributed by atoms with Crippen LogP contribution in [-0.4, -0.2) is 20.4 Å². The van der Waals surface area contributed by atoms with E-state index in [1.165, 1.54) is 0 Å². The van der Waals surface area contributed by atoms with Gasteiger partial charge in [-0.1, -0.05) is 6.07 Å². The third kappa shape index (κ3) is 1.58. The molecule has 1 fully saturated rings. The van der Waals surface area contributed by atoms with Gasteiger partial charge in [0.15, 0.2) is 0 Å². The number of benzene rings is 1. The molecule has 2 rings (SSSR count). The number of rotatable bonds is 3. The van der Waals surface area contributed by atoms with Crippen molar-refractivity contribution in [2.45, 2.75) is 18.3 Å². The Morgan fingerprint density at radius 3 is 2.53 bits per heavy atom. The Labute approximate surface area is 89.9 Å². The van der Waals surface area contributed by atoms with Crippen molar-refractivity contribution < 1.29 is 4.79 Å². The summed E-state index contributed by atoms with van der Waals surface area (Å²) < 4.78 is 0. The van der Waals surface area contributed by atoms with Gasteiger partial charge in [-0.15, -0.1) is 0 Å².